The first-order valence-electron chi connectivity index (χ1n) is 7.35. The molecule has 0 aliphatic carbocycles. The van der Waals surface area contributed by atoms with Crippen LogP contribution in [0.25, 0.3) is 6.08 Å². The van der Waals surface area contributed by atoms with Gasteiger partial charge in [0.1, 0.15) is 0 Å². The summed E-state index contributed by atoms with van der Waals surface area (Å²) in [5.41, 5.74) is 8.23. The van der Waals surface area contributed by atoms with Gasteiger partial charge in [-0.3, -0.25) is 4.79 Å². The molecule has 3 heteroatoms. The molecular formula is C17H24N2O. The van der Waals surface area contributed by atoms with Crippen LogP contribution < -0.4 is 5.73 Å². The van der Waals surface area contributed by atoms with E-state index in [1.807, 2.05) is 30.0 Å². The zero-order valence-corrected chi connectivity index (χ0v) is 12.4. The first-order chi connectivity index (χ1) is 9.56. The van der Waals surface area contributed by atoms with Gasteiger partial charge in [-0.15, -0.1) is 0 Å². The first kappa shape index (κ1) is 14.8. The minimum absolute atomic E-state index is 0.0943. The van der Waals surface area contributed by atoms with E-state index in [1.54, 1.807) is 6.08 Å². The summed E-state index contributed by atoms with van der Waals surface area (Å²) in [7, 11) is 0. The Morgan fingerprint density at radius 2 is 2.30 bits per heavy atom. The Morgan fingerprint density at radius 1 is 1.50 bits per heavy atom. The number of amides is 1. The van der Waals surface area contributed by atoms with Crippen LogP contribution in [0, 0.1) is 12.8 Å². The fourth-order valence-corrected chi connectivity index (χ4v) is 2.69. The summed E-state index contributed by atoms with van der Waals surface area (Å²) in [6.45, 7) is 5.72. The van der Waals surface area contributed by atoms with Crippen molar-refractivity contribution >= 4 is 12.0 Å². The SMILES string of the molecule is Cc1cccc(C=CC(=O)N2CCCC(C(C)N)C2)c1. The van der Waals surface area contributed by atoms with Crippen LogP contribution in [0.4, 0.5) is 0 Å². The van der Waals surface area contributed by atoms with Crippen LogP contribution in [0.5, 0.6) is 0 Å². The molecule has 1 aromatic carbocycles. The smallest absolute Gasteiger partial charge is 0.246 e. The van der Waals surface area contributed by atoms with Gasteiger partial charge in [0.15, 0.2) is 0 Å². The summed E-state index contributed by atoms with van der Waals surface area (Å²) in [4.78, 5) is 14.1. The lowest BCUT2D eigenvalue weighted by atomic mass is 9.92. The van der Waals surface area contributed by atoms with Crippen molar-refractivity contribution in [3.8, 4) is 0 Å². The van der Waals surface area contributed by atoms with Crippen LogP contribution in [0.15, 0.2) is 30.3 Å². The van der Waals surface area contributed by atoms with Crippen LogP contribution in [-0.4, -0.2) is 29.9 Å². The molecule has 0 spiro atoms. The number of nitrogens with zero attached hydrogens (tertiary/aromatic N) is 1. The van der Waals surface area contributed by atoms with Gasteiger partial charge in [0.2, 0.25) is 5.91 Å². The number of hydrogen-bond acceptors (Lipinski definition) is 2. The topological polar surface area (TPSA) is 46.3 Å². The van der Waals surface area contributed by atoms with Crippen molar-refractivity contribution in [2.75, 3.05) is 13.1 Å². The molecule has 2 unspecified atom stereocenters. The minimum Gasteiger partial charge on any atom is -0.339 e. The molecule has 1 heterocycles. The second-order valence-electron chi connectivity index (χ2n) is 5.79. The van der Waals surface area contributed by atoms with Crippen molar-refractivity contribution in [3.63, 3.8) is 0 Å². The number of piperidine rings is 1. The van der Waals surface area contributed by atoms with E-state index in [4.69, 9.17) is 5.73 Å². The average Bonchev–Trinajstić information content (AvgIpc) is 2.45. The molecule has 0 aromatic heterocycles. The average molecular weight is 272 g/mol. The van der Waals surface area contributed by atoms with E-state index in [-0.39, 0.29) is 11.9 Å². The summed E-state index contributed by atoms with van der Waals surface area (Å²) in [5.74, 6) is 0.525. The molecule has 1 aliphatic rings. The Bertz CT molecular complexity index is 494. The largest absolute Gasteiger partial charge is 0.339 e. The predicted octanol–water partition coefficient (Wildman–Crippen LogP) is 2.59. The van der Waals surface area contributed by atoms with Crippen molar-refractivity contribution in [1.82, 2.24) is 4.90 Å². The van der Waals surface area contributed by atoms with Gasteiger partial charge in [0, 0.05) is 25.2 Å². The Balaban J connectivity index is 1.97. The molecule has 1 aliphatic heterocycles. The lowest BCUT2D eigenvalue weighted by molar-refractivity contribution is -0.127. The quantitative estimate of drug-likeness (QED) is 0.860. The van der Waals surface area contributed by atoms with Crippen LogP contribution in [-0.2, 0) is 4.79 Å². The molecule has 2 atom stereocenters. The summed E-state index contributed by atoms with van der Waals surface area (Å²) < 4.78 is 0. The maximum atomic E-state index is 12.2. The Kier molecular flexibility index (Phi) is 4.96. The fourth-order valence-electron chi connectivity index (χ4n) is 2.69. The monoisotopic (exact) mass is 272 g/mol. The zero-order valence-electron chi connectivity index (χ0n) is 12.4. The minimum atomic E-state index is 0.0943. The predicted molar refractivity (Wildman–Crippen MR) is 83.2 cm³/mol. The summed E-state index contributed by atoms with van der Waals surface area (Å²) >= 11 is 0. The Morgan fingerprint density at radius 3 is 3.00 bits per heavy atom. The van der Waals surface area contributed by atoms with Crippen molar-refractivity contribution in [3.05, 3.63) is 41.5 Å². The van der Waals surface area contributed by atoms with Gasteiger partial charge >= 0.3 is 0 Å². The molecule has 1 aromatic rings. The molecule has 20 heavy (non-hydrogen) atoms. The van der Waals surface area contributed by atoms with Crippen LogP contribution in [0.2, 0.25) is 0 Å². The van der Waals surface area contributed by atoms with E-state index in [1.165, 1.54) is 5.56 Å². The summed E-state index contributed by atoms with van der Waals surface area (Å²) in [5, 5.41) is 0. The highest BCUT2D eigenvalue weighted by Gasteiger charge is 2.24. The zero-order chi connectivity index (χ0) is 14.5. The van der Waals surface area contributed by atoms with Crippen molar-refractivity contribution in [2.24, 2.45) is 11.7 Å². The van der Waals surface area contributed by atoms with Crippen LogP contribution in [0.3, 0.4) is 0 Å². The number of carbonyl (C=O) groups excluding carboxylic acids is 1. The van der Waals surface area contributed by atoms with E-state index in [0.717, 1.165) is 31.5 Å². The molecule has 0 bridgehead atoms. The molecule has 1 amide bonds. The molecule has 2 N–H and O–H groups in total. The molecule has 0 saturated carbocycles. The van der Waals surface area contributed by atoms with Crippen LogP contribution >= 0.6 is 0 Å². The summed E-state index contributed by atoms with van der Waals surface area (Å²) in [6, 6.07) is 8.30. The number of aryl methyl sites for hydroxylation is 1. The van der Waals surface area contributed by atoms with Gasteiger partial charge in [0.25, 0.3) is 0 Å². The lowest BCUT2D eigenvalue weighted by Gasteiger charge is -2.34. The molecule has 108 valence electrons. The molecule has 1 fully saturated rings. The number of benzene rings is 1. The maximum absolute atomic E-state index is 12.2. The van der Waals surface area contributed by atoms with Crippen molar-refractivity contribution < 1.29 is 4.79 Å². The molecule has 3 nitrogen and oxygen atoms in total. The van der Waals surface area contributed by atoms with Gasteiger partial charge in [-0.25, -0.2) is 0 Å². The van der Waals surface area contributed by atoms with Crippen molar-refractivity contribution in [1.29, 1.82) is 0 Å². The highest BCUT2D eigenvalue weighted by Crippen LogP contribution is 2.19. The fraction of sp³-hybridized carbons (Fsp3) is 0.471. The van der Waals surface area contributed by atoms with E-state index in [2.05, 4.69) is 19.1 Å². The highest BCUT2D eigenvalue weighted by molar-refractivity contribution is 5.91. The number of nitrogens with two attached hydrogens (primary N) is 1. The van der Waals surface area contributed by atoms with E-state index < -0.39 is 0 Å². The lowest BCUT2D eigenvalue weighted by Crippen LogP contribution is -2.44. The molecular weight excluding hydrogens is 248 g/mol. The number of rotatable bonds is 3. The van der Waals surface area contributed by atoms with E-state index >= 15 is 0 Å². The van der Waals surface area contributed by atoms with Crippen molar-refractivity contribution in [2.45, 2.75) is 32.7 Å². The Labute approximate surface area is 121 Å². The van der Waals surface area contributed by atoms with Gasteiger partial charge < -0.3 is 10.6 Å². The van der Waals surface area contributed by atoms with Gasteiger partial charge in [0.05, 0.1) is 0 Å². The summed E-state index contributed by atoms with van der Waals surface area (Å²) in [6.07, 6.45) is 5.75. The highest BCUT2D eigenvalue weighted by atomic mass is 16.2. The normalized spacial score (nSPS) is 21.1. The number of hydrogen-bond donors (Lipinski definition) is 1. The number of carbonyl (C=O) groups is 1. The standard InChI is InChI=1S/C17H24N2O/c1-13-5-3-6-15(11-13)8-9-17(20)19-10-4-7-16(12-19)14(2)18/h3,5-6,8-9,11,14,16H,4,7,10,12,18H2,1-2H3. The van der Waals surface area contributed by atoms with E-state index in [9.17, 15) is 4.79 Å². The third kappa shape index (κ3) is 3.94. The molecule has 1 saturated heterocycles. The van der Waals surface area contributed by atoms with Gasteiger partial charge in [-0.05, 0) is 44.2 Å². The van der Waals surface area contributed by atoms with Crippen LogP contribution in [0.1, 0.15) is 30.9 Å². The van der Waals surface area contributed by atoms with Gasteiger partial charge in [-0.1, -0.05) is 29.8 Å². The van der Waals surface area contributed by atoms with E-state index in [0.29, 0.717) is 5.92 Å². The number of likely N-dealkylation sites (tertiary alicyclic amines) is 1. The third-order valence-corrected chi connectivity index (χ3v) is 3.97. The third-order valence-electron chi connectivity index (χ3n) is 3.97. The molecule has 2 rings (SSSR count). The first-order valence-corrected chi connectivity index (χ1v) is 7.35. The second-order valence-corrected chi connectivity index (χ2v) is 5.79. The molecule has 0 radical (unpaired) electrons. The maximum Gasteiger partial charge on any atom is 0.246 e. The second kappa shape index (κ2) is 6.71. The van der Waals surface area contributed by atoms with Gasteiger partial charge in [-0.2, -0.15) is 0 Å². The Hall–Kier alpha value is -1.61.